The lowest BCUT2D eigenvalue weighted by atomic mass is 10.1. The molecule has 0 radical (unpaired) electrons. The van der Waals surface area contributed by atoms with Crippen molar-refractivity contribution in [2.75, 3.05) is 13.1 Å². The number of rotatable bonds is 8. The summed E-state index contributed by atoms with van der Waals surface area (Å²) in [6, 6.07) is 14.3. The summed E-state index contributed by atoms with van der Waals surface area (Å²) in [4.78, 5) is 4.30. The van der Waals surface area contributed by atoms with E-state index < -0.39 is 10.0 Å². The SMILES string of the molecule is C[C@H](CNCCc1ccc(Cl)cc1)NS(=O)(=O)c1ccc2cnccc2c1. The van der Waals surface area contributed by atoms with Crippen LogP contribution in [0, 0.1) is 0 Å². The largest absolute Gasteiger partial charge is 0.315 e. The Labute approximate surface area is 164 Å². The van der Waals surface area contributed by atoms with Gasteiger partial charge in [0.15, 0.2) is 0 Å². The Hall–Kier alpha value is -1.99. The summed E-state index contributed by atoms with van der Waals surface area (Å²) in [5.41, 5.74) is 1.19. The van der Waals surface area contributed by atoms with Crippen LogP contribution in [0.5, 0.6) is 0 Å². The number of hydrogen-bond acceptors (Lipinski definition) is 4. The molecule has 1 atom stereocenters. The highest BCUT2D eigenvalue weighted by molar-refractivity contribution is 7.89. The Morgan fingerprint density at radius 1 is 1.07 bits per heavy atom. The predicted molar refractivity (Wildman–Crippen MR) is 110 cm³/mol. The summed E-state index contributed by atoms with van der Waals surface area (Å²) in [6.07, 6.45) is 4.22. The van der Waals surface area contributed by atoms with Crippen LogP contribution in [0.15, 0.2) is 65.8 Å². The average molecular weight is 404 g/mol. The number of halogens is 1. The molecule has 0 saturated heterocycles. The van der Waals surface area contributed by atoms with Crippen LogP contribution >= 0.6 is 11.6 Å². The van der Waals surface area contributed by atoms with Gasteiger partial charge in [-0.25, -0.2) is 13.1 Å². The lowest BCUT2D eigenvalue weighted by molar-refractivity contribution is 0.537. The zero-order valence-electron chi connectivity index (χ0n) is 15.0. The second kappa shape index (κ2) is 8.80. The van der Waals surface area contributed by atoms with Crippen molar-refractivity contribution in [2.45, 2.75) is 24.3 Å². The van der Waals surface area contributed by atoms with E-state index in [0.717, 1.165) is 28.8 Å². The van der Waals surface area contributed by atoms with E-state index in [9.17, 15) is 8.42 Å². The minimum atomic E-state index is -3.57. The zero-order chi connectivity index (χ0) is 19.3. The van der Waals surface area contributed by atoms with Crippen molar-refractivity contribution in [1.82, 2.24) is 15.0 Å². The topological polar surface area (TPSA) is 71.1 Å². The third-order valence-corrected chi connectivity index (χ3v) is 6.07. The molecule has 0 fully saturated rings. The molecule has 0 bridgehead atoms. The first kappa shape index (κ1) is 19.8. The van der Waals surface area contributed by atoms with E-state index in [0.29, 0.717) is 6.54 Å². The Kier molecular flexibility index (Phi) is 6.44. The molecule has 5 nitrogen and oxygen atoms in total. The fourth-order valence-corrected chi connectivity index (χ4v) is 4.21. The maximum atomic E-state index is 12.6. The highest BCUT2D eigenvalue weighted by atomic mass is 35.5. The van der Waals surface area contributed by atoms with Crippen molar-refractivity contribution < 1.29 is 8.42 Å². The van der Waals surface area contributed by atoms with Crippen molar-refractivity contribution in [3.8, 4) is 0 Å². The van der Waals surface area contributed by atoms with E-state index in [2.05, 4.69) is 15.0 Å². The Balaban J connectivity index is 1.52. The van der Waals surface area contributed by atoms with Crippen molar-refractivity contribution >= 4 is 32.4 Å². The smallest absolute Gasteiger partial charge is 0.240 e. The molecule has 142 valence electrons. The monoisotopic (exact) mass is 403 g/mol. The fourth-order valence-electron chi connectivity index (χ4n) is 2.81. The van der Waals surface area contributed by atoms with Crippen LogP contribution in [0.1, 0.15) is 12.5 Å². The lowest BCUT2D eigenvalue weighted by Gasteiger charge is -2.15. The van der Waals surface area contributed by atoms with E-state index >= 15 is 0 Å². The standard InChI is InChI=1S/C20H22ClN3O2S/c1-15(13-22-10-8-16-2-5-19(21)6-3-16)24-27(25,26)20-7-4-18-14-23-11-9-17(18)12-20/h2-7,9,11-12,14-15,22,24H,8,10,13H2,1H3/t15-/m1/s1. The number of fused-ring (bicyclic) bond motifs is 1. The molecule has 7 heteroatoms. The van der Waals surface area contributed by atoms with Crippen LogP contribution in [-0.2, 0) is 16.4 Å². The number of sulfonamides is 1. The van der Waals surface area contributed by atoms with Gasteiger partial charge < -0.3 is 5.32 Å². The minimum Gasteiger partial charge on any atom is -0.315 e. The molecular formula is C20H22ClN3O2S. The molecule has 1 heterocycles. The summed E-state index contributed by atoms with van der Waals surface area (Å²) >= 11 is 5.87. The third kappa shape index (κ3) is 5.49. The van der Waals surface area contributed by atoms with Crippen molar-refractivity contribution in [3.05, 3.63) is 71.5 Å². The quantitative estimate of drug-likeness (QED) is 0.565. The molecule has 27 heavy (non-hydrogen) atoms. The summed E-state index contributed by atoms with van der Waals surface area (Å²) in [7, 11) is -3.57. The predicted octanol–water partition coefficient (Wildman–Crippen LogP) is 3.39. The number of hydrogen-bond donors (Lipinski definition) is 2. The number of nitrogens with one attached hydrogen (secondary N) is 2. The molecular weight excluding hydrogens is 382 g/mol. The van der Waals surface area contributed by atoms with Crippen LogP contribution in [0.3, 0.4) is 0 Å². The summed E-state index contributed by atoms with van der Waals surface area (Å²) in [5, 5.41) is 5.76. The van der Waals surface area contributed by atoms with E-state index in [1.165, 1.54) is 5.56 Å². The molecule has 0 unspecified atom stereocenters. The summed E-state index contributed by atoms with van der Waals surface area (Å²) < 4.78 is 27.9. The average Bonchev–Trinajstić information content (AvgIpc) is 2.66. The third-order valence-electron chi connectivity index (χ3n) is 4.23. The molecule has 1 aromatic heterocycles. The fraction of sp³-hybridized carbons (Fsp3) is 0.250. The van der Waals surface area contributed by atoms with E-state index in [1.54, 1.807) is 36.7 Å². The van der Waals surface area contributed by atoms with Gasteiger partial charge in [-0.15, -0.1) is 0 Å². The molecule has 3 rings (SSSR count). The molecule has 0 aliphatic rings. The minimum absolute atomic E-state index is 0.228. The first-order valence-corrected chi connectivity index (χ1v) is 10.6. The Morgan fingerprint density at radius 3 is 2.63 bits per heavy atom. The van der Waals surface area contributed by atoms with Crippen molar-refractivity contribution in [1.29, 1.82) is 0 Å². The Morgan fingerprint density at radius 2 is 1.85 bits per heavy atom. The molecule has 2 N–H and O–H groups in total. The van der Waals surface area contributed by atoms with Gasteiger partial charge in [0, 0.05) is 35.4 Å². The second-order valence-corrected chi connectivity index (χ2v) is 8.64. The molecule has 2 aromatic carbocycles. The molecule has 3 aromatic rings. The van der Waals surface area contributed by atoms with Gasteiger partial charge in [0.25, 0.3) is 0 Å². The summed E-state index contributed by atoms with van der Waals surface area (Å²) in [5.74, 6) is 0. The van der Waals surface area contributed by atoms with Crippen LogP contribution in [0.25, 0.3) is 10.8 Å². The first-order valence-electron chi connectivity index (χ1n) is 8.75. The van der Waals surface area contributed by atoms with Gasteiger partial charge in [-0.2, -0.15) is 0 Å². The van der Waals surface area contributed by atoms with E-state index in [-0.39, 0.29) is 10.9 Å². The van der Waals surface area contributed by atoms with Crippen LogP contribution in [-0.4, -0.2) is 32.5 Å². The normalized spacial score (nSPS) is 13.0. The number of aromatic nitrogens is 1. The van der Waals surface area contributed by atoms with Crippen LogP contribution in [0.2, 0.25) is 5.02 Å². The first-order chi connectivity index (χ1) is 12.9. The molecule has 0 amide bonds. The summed E-state index contributed by atoms with van der Waals surface area (Å²) in [6.45, 7) is 3.15. The van der Waals surface area contributed by atoms with E-state index in [1.807, 2.05) is 31.2 Å². The van der Waals surface area contributed by atoms with Gasteiger partial charge in [0.2, 0.25) is 10.0 Å². The van der Waals surface area contributed by atoms with Crippen molar-refractivity contribution in [2.24, 2.45) is 0 Å². The molecule has 0 aliphatic carbocycles. The molecule has 0 saturated carbocycles. The second-order valence-electron chi connectivity index (χ2n) is 6.49. The van der Waals surface area contributed by atoms with Gasteiger partial charge in [-0.3, -0.25) is 4.98 Å². The number of nitrogens with zero attached hydrogens (tertiary/aromatic N) is 1. The lowest BCUT2D eigenvalue weighted by Crippen LogP contribution is -2.40. The van der Waals surface area contributed by atoms with Crippen molar-refractivity contribution in [3.63, 3.8) is 0 Å². The number of pyridine rings is 1. The maximum absolute atomic E-state index is 12.6. The van der Waals surface area contributed by atoms with Gasteiger partial charge in [0.05, 0.1) is 4.90 Å². The van der Waals surface area contributed by atoms with Gasteiger partial charge in [0.1, 0.15) is 0 Å². The van der Waals surface area contributed by atoms with E-state index in [4.69, 9.17) is 11.6 Å². The molecule has 0 spiro atoms. The zero-order valence-corrected chi connectivity index (χ0v) is 16.6. The number of benzene rings is 2. The highest BCUT2D eigenvalue weighted by Crippen LogP contribution is 2.18. The van der Waals surface area contributed by atoms with Gasteiger partial charge in [-0.05, 0) is 61.2 Å². The Bertz CT molecular complexity index is 1010. The van der Waals surface area contributed by atoms with Crippen LogP contribution < -0.4 is 10.0 Å². The van der Waals surface area contributed by atoms with Gasteiger partial charge in [-0.1, -0.05) is 29.8 Å². The molecule has 0 aliphatic heterocycles. The van der Waals surface area contributed by atoms with Crippen LogP contribution in [0.4, 0.5) is 0 Å². The highest BCUT2D eigenvalue weighted by Gasteiger charge is 2.17. The van der Waals surface area contributed by atoms with Gasteiger partial charge >= 0.3 is 0 Å². The maximum Gasteiger partial charge on any atom is 0.240 e.